The second-order valence-corrected chi connectivity index (χ2v) is 3.67. The van der Waals surface area contributed by atoms with Gasteiger partial charge in [-0.05, 0) is 44.6 Å². The summed E-state index contributed by atoms with van der Waals surface area (Å²) in [5.41, 5.74) is 3.94. The van der Waals surface area contributed by atoms with Crippen LogP contribution in [0.1, 0.15) is 39.0 Å². The quantitative estimate of drug-likeness (QED) is 0.579. The zero-order valence-corrected chi connectivity index (χ0v) is 7.52. The molecule has 0 aromatic rings. The Balaban J connectivity index is 2.29. The first-order chi connectivity index (χ1) is 5.79. The Morgan fingerprint density at radius 3 is 2.83 bits per heavy atom. The van der Waals surface area contributed by atoms with Crippen LogP contribution in [0.5, 0.6) is 0 Å². The lowest BCUT2D eigenvalue weighted by Gasteiger charge is -2.15. The SMILES string of the molecule is CC(=O)C1=CCC2=C1CCCC2. The zero-order chi connectivity index (χ0) is 8.55. The molecule has 0 aliphatic heterocycles. The van der Waals surface area contributed by atoms with Crippen molar-refractivity contribution in [3.63, 3.8) is 0 Å². The van der Waals surface area contributed by atoms with Gasteiger partial charge in [-0.3, -0.25) is 4.79 Å². The van der Waals surface area contributed by atoms with Crippen molar-refractivity contribution in [2.24, 2.45) is 0 Å². The molecular weight excluding hydrogens is 148 g/mol. The van der Waals surface area contributed by atoms with Crippen molar-refractivity contribution in [2.75, 3.05) is 0 Å². The molecular formula is C11H14O. The van der Waals surface area contributed by atoms with Gasteiger partial charge in [-0.2, -0.15) is 0 Å². The van der Waals surface area contributed by atoms with Crippen LogP contribution in [0.2, 0.25) is 0 Å². The molecule has 0 radical (unpaired) electrons. The Bertz CT molecular complexity index is 281. The highest BCUT2D eigenvalue weighted by Gasteiger charge is 2.22. The lowest BCUT2D eigenvalue weighted by molar-refractivity contribution is -0.113. The molecule has 0 fully saturated rings. The molecule has 0 aromatic heterocycles. The van der Waals surface area contributed by atoms with Crippen LogP contribution in [0.15, 0.2) is 22.8 Å². The van der Waals surface area contributed by atoms with E-state index in [2.05, 4.69) is 6.08 Å². The van der Waals surface area contributed by atoms with E-state index < -0.39 is 0 Å². The van der Waals surface area contributed by atoms with E-state index in [4.69, 9.17) is 0 Å². The molecule has 0 saturated carbocycles. The average Bonchev–Trinajstić information content (AvgIpc) is 2.47. The largest absolute Gasteiger partial charge is 0.295 e. The van der Waals surface area contributed by atoms with Crippen LogP contribution in [0.3, 0.4) is 0 Å². The fraction of sp³-hybridized carbons (Fsp3) is 0.545. The maximum absolute atomic E-state index is 11.2. The summed E-state index contributed by atoms with van der Waals surface area (Å²) < 4.78 is 0. The zero-order valence-electron chi connectivity index (χ0n) is 7.52. The number of hydrogen-bond donors (Lipinski definition) is 0. The van der Waals surface area contributed by atoms with Gasteiger partial charge in [-0.1, -0.05) is 11.6 Å². The van der Waals surface area contributed by atoms with Gasteiger partial charge in [0.15, 0.2) is 5.78 Å². The third-order valence-electron chi connectivity index (χ3n) is 2.84. The van der Waals surface area contributed by atoms with Crippen molar-refractivity contribution in [1.29, 1.82) is 0 Å². The van der Waals surface area contributed by atoms with Gasteiger partial charge in [0.2, 0.25) is 0 Å². The van der Waals surface area contributed by atoms with E-state index >= 15 is 0 Å². The predicted molar refractivity (Wildman–Crippen MR) is 48.9 cm³/mol. The average molecular weight is 162 g/mol. The van der Waals surface area contributed by atoms with Crippen LogP contribution in [0.4, 0.5) is 0 Å². The van der Waals surface area contributed by atoms with Crippen LogP contribution < -0.4 is 0 Å². The monoisotopic (exact) mass is 162 g/mol. The van der Waals surface area contributed by atoms with Crippen molar-refractivity contribution in [3.05, 3.63) is 22.8 Å². The molecule has 2 rings (SSSR count). The van der Waals surface area contributed by atoms with Crippen molar-refractivity contribution in [1.82, 2.24) is 0 Å². The minimum atomic E-state index is 0.252. The number of hydrogen-bond acceptors (Lipinski definition) is 1. The van der Waals surface area contributed by atoms with Gasteiger partial charge in [0.25, 0.3) is 0 Å². The summed E-state index contributed by atoms with van der Waals surface area (Å²) in [6.07, 6.45) is 8.10. The summed E-state index contributed by atoms with van der Waals surface area (Å²) >= 11 is 0. The van der Waals surface area contributed by atoms with Crippen LogP contribution in [-0.4, -0.2) is 5.78 Å². The fourth-order valence-corrected chi connectivity index (χ4v) is 2.22. The number of carbonyl (C=O) groups is 1. The predicted octanol–water partition coefficient (Wildman–Crippen LogP) is 2.78. The van der Waals surface area contributed by atoms with Crippen molar-refractivity contribution < 1.29 is 4.79 Å². The molecule has 0 spiro atoms. The minimum Gasteiger partial charge on any atom is -0.295 e. The molecule has 12 heavy (non-hydrogen) atoms. The highest BCUT2D eigenvalue weighted by molar-refractivity contribution is 5.98. The van der Waals surface area contributed by atoms with Gasteiger partial charge in [0.05, 0.1) is 0 Å². The summed E-state index contributed by atoms with van der Waals surface area (Å²) in [5.74, 6) is 0.252. The Kier molecular flexibility index (Phi) is 1.87. The first kappa shape index (κ1) is 7.78. The van der Waals surface area contributed by atoms with E-state index in [1.165, 1.54) is 30.4 Å². The summed E-state index contributed by atoms with van der Waals surface area (Å²) in [6, 6.07) is 0. The maximum atomic E-state index is 11.2. The van der Waals surface area contributed by atoms with Gasteiger partial charge < -0.3 is 0 Å². The van der Waals surface area contributed by atoms with Gasteiger partial charge in [0, 0.05) is 5.57 Å². The fourth-order valence-electron chi connectivity index (χ4n) is 2.22. The van der Waals surface area contributed by atoms with E-state index in [1.54, 1.807) is 6.92 Å². The molecule has 0 aromatic carbocycles. The first-order valence-electron chi connectivity index (χ1n) is 4.71. The van der Waals surface area contributed by atoms with Gasteiger partial charge in [-0.25, -0.2) is 0 Å². The summed E-state index contributed by atoms with van der Waals surface area (Å²) in [5, 5.41) is 0. The van der Waals surface area contributed by atoms with E-state index in [-0.39, 0.29) is 5.78 Å². The summed E-state index contributed by atoms with van der Waals surface area (Å²) in [6.45, 7) is 1.68. The topological polar surface area (TPSA) is 17.1 Å². The highest BCUT2D eigenvalue weighted by Crippen LogP contribution is 2.37. The Hall–Kier alpha value is -0.850. The molecule has 2 aliphatic rings. The maximum Gasteiger partial charge on any atom is 0.159 e. The summed E-state index contributed by atoms with van der Waals surface area (Å²) in [7, 11) is 0. The van der Waals surface area contributed by atoms with Crippen molar-refractivity contribution in [3.8, 4) is 0 Å². The van der Waals surface area contributed by atoms with E-state index in [0.717, 1.165) is 18.4 Å². The first-order valence-corrected chi connectivity index (χ1v) is 4.71. The normalized spacial score (nSPS) is 22.2. The summed E-state index contributed by atoms with van der Waals surface area (Å²) in [4.78, 5) is 11.2. The van der Waals surface area contributed by atoms with Crippen molar-refractivity contribution in [2.45, 2.75) is 39.0 Å². The van der Waals surface area contributed by atoms with E-state index in [1.807, 2.05) is 0 Å². The van der Waals surface area contributed by atoms with E-state index in [9.17, 15) is 4.79 Å². The van der Waals surface area contributed by atoms with Crippen LogP contribution in [-0.2, 0) is 4.79 Å². The van der Waals surface area contributed by atoms with E-state index in [0.29, 0.717) is 0 Å². The molecule has 64 valence electrons. The number of carbonyl (C=O) groups excluding carboxylic acids is 1. The third kappa shape index (κ3) is 1.13. The Morgan fingerprint density at radius 2 is 2.08 bits per heavy atom. The second kappa shape index (κ2) is 2.89. The second-order valence-electron chi connectivity index (χ2n) is 3.67. The van der Waals surface area contributed by atoms with Gasteiger partial charge in [-0.15, -0.1) is 0 Å². The lowest BCUT2D eigenvalue weighted by atomic mass is 9.90. The number of allylic oxidation sites excluding steroid dienone is 4. The highest BCUT2D eigenvalue weighted by atomic mass is 16.1. The number of Topliss-reactive ketones (excluding diaryl/α,β-unsaturated/α-hetero) is 1. The molecule has 2 aliphatic carbocycles. The minimum absolute atomic E-state index is 0.252. The molecule has 0 N–H and O–H groups in total. The molecule has 0 unspecified atom stereocenters. The third-order valence-corrected chi connectivity index (χ3v) is 2.84. The van der Waals surface area contributed by atoms with Gasteiger partial charge >= 0.3 is 0 Å². The van der Waals surface area contributed by atoms with Crippen LogP contribution in [0.25, 0.3) is 0 Å². The molecule has 1 nitrogen and oxygen atoms in total. The Labute approximate surface area is 73.2 Å². The Morgan fingerprint density at radius 1 is 1.33 bits per heavy atom. The molecule has 0 saturated heterocycles. The smallest absolute Gasteiger partial charge is 0.159 e. The van der Waals surface area contributed by atoms with Crippen molar-refractivity contribution >= 4 is 5.78 Å². The molecule has 0 heterocycles. The van der Waals surface area contributed by atoms with Gasteiger partial charge in [0.1, 0.15) is 0 Å². The lowest BCUT2D eigenvalue weighted by Crippen LogP contribution is -2.02. The molecule has 0 bridgehead atoms. The standard InChI is InChI=1S/C11H14O/c1-8(12)10-7-6-9-4-2-3-5-11(9)10/h7H,2-6H2,1H3. The number of rotatable bonds is 1. The number of ketones is 1. The van der Waals surface area contributed by atoms with Crippen LogP contribution in [0, 0.1) is 0 Å². The molecule has 0 atom stereocenters. The molecule has 0 amide bonds. The van der Waals surface area contributed by atoms with Crippen LogP contribution >= 0.6 is 0 Å². The molecule has 1 heteroatoms.